The summed E-state index contributed by atoms with van der Waals surface area (Å²) >= 11 is 2.92. The third kappa shape index (κ3) is 9.73. The Morgan fingerprint density at radius 1 is 1.19 bits per heavy atom. The Balaban J connectivity index is 1.86. The maximum atomic E-state index is 13.9. The van der Waals surface area contributed by atoms with Gasteiger partial charge in [0.25, 0.3) is 0 Å². The fourth-order valence-corrected chi connectivity index (χ4v) is 6.49. The van der Waals surface area contributed by atoms with Gasteiger partial charge in [0.05, 0.1) is 17.2 Å². The monoisotopic (exact) mass is 627 g/mol. The molecular weight excluding hydrogens is 582 g/mol. The summed E-state index contributed by atoms with van der Waals surface area (Å²) < 4.78 is 18.2. The molecule has 12 nitrogen and oxygen atoms in total. The van der Waals surface area contributed by atoms with E-state index in [4.69, 9.17) is 14.2 Å². The van der Waals surface area contributed by atoms with Crippen LogP contribution in [0.4, 0.5) is 0 Å². The molecule has 4 atom stereocenters. The van der Waals surface area contributed by atoms with Crippen molar-refractivity contribution in [3.8, 4) is 10.7 Å². The number of carbonyl (C=O) groups excluding carboxylic acids is 2. The van der Waals surface area contributed by atoms with E-state index in [-0.39, 0.29) is 55.8 Å². The van der Waals surface area contributed by atoms with Gasteiger partial charge in [0.2, 0.25) is 11.8 Å². The summed E-state index contributed by atoms with van der Waals surface area (Å²) in [5.74, 6) is 0.817. The molecule has 3 rings (SSSR count). The molecule has 0 aliphatic carbocycles. The molecule has 1 saturated heterocycles. The number of hydrogen-bond acceptors (Lipinski definition) is 11. The van der Waals surface area contributed by atoms with E-state index < -0.39 is 18.3 Å². The second-order valence-electron chi connectivity index (χ2n) is 10.8. The Bertz CT molecular complexity index is 1100. The number of hydrogen-bond donors (Lipinski definition) is 2. The van der Waals surface area contributed by atoms with Crippen LogP contribution in [0.25, 0.3) is 10.7 Å². The third-order valence-electron chi connectivity index (χ3n) is 7.16. The van der Waals surface area contributed by atoms with Gasteiger partial charge in [-0.05, 0) is 36.6 Å². The van der Waals surface area contributed by atoms with Crippen molar-refractivity contribution in [2.45, 2.75) is 62.6 Å². The minimum atomic E-state index is -1.26. The highest BCUT2D eigenvalue weighted by Gasteiger charge is 2.33. The van der Waals surface area contributed by atoms with Crippen molar-refractivity contribution in [3.05, 3.63) is 17.5 Å². The van der Waals surface area contributed by atoms with Gasteiger partial charge in [-0.1, -0.05) is 31.7 Å². The number of methoxy groups -OCH3 is 2. The molecule has 42 heavy (non-hydrogen) atoms. The summed E-state index contributed by atoms with van der Waals surface area (Å²) in [5.41, 5.74) is 0. The van der Waals surface area contributed by atoms with Crippen LogP contribution in [0.1, 0.15) is 33.1 Å². The number of thioether (sulfide) groups is 1. The second kappa shape index (κ2) is 17.3. The molecule has 2 N–H and O–H groups in total. The highest BCUT2D eigenvalue weighted by atomic mass is 32.2. The summed E-state index contributed by atoms with van der Waals surface area (Å²) in [5, 5.41) is 32.5. The van der Waals surface area contributed by atoms with E-state index in [1.807, 2.05) is 34.0 Å². The minimum absolute atomic E-state index is 0.0206. The minimum Gasteiger partial charge on any atom is -0.388 e. The van der Waals surface area contributed by atoms with Crippen LogP contribution in [0.2, 0.25) is 0 Å². The van der Waals surface area contributed by atoms with Gasteiger partial charge >= 0.3 is 0 Å². The van der Waals surface area contributed by atoms with Crippen LogP contribution in [0.5, 0.6) is 0 Å². The highest BCUT2D eigenvalue weighted by Crippen LogP contribution is 2.27. The summed E-state index contributed by atoms with van der Waals surface area (Å²) in [7, 11) is 4.77. The van der Waals surface area contributed by atoms with Crippen molar-refractivity contribution in [2.24, 2.45) is 13.0 Å². The van der Waals surface area contributed by atoms with Crippen LogP contribution in [0.3, 0.4) is 0 Å². The zero-order valence-corrected chi connectivity index (χ0v) is 26.8. The largest absolute Gasteiger partial charge is 0.388 e. The summed E-state index contributed by atoms with van der Waals surface area (Å²) in [6.07, 6.45) is -1.28. The van der Waals surface area contributed by atoms with E-state index in [1.165, 1.54) is 26.0 Å². The Labute approximate surface area is 256 Å². The topological polar surface area (TPSA) is 139 Å². The molecule has 1 fully saturated rings. The van der Waals surface area contributed by atoms with Crippen molar-refractivity contribution in [1.82, 2.24) is 24.6 Å². The number of rotatable bonds is 9. The molecule has 0 spiro atoms. The molecule has 2 aromatic heterocycles. The number of nitrogens with zero attached hydrogens (tertiary/aromatic N) is 5. The molecule has 0 radical (unpaired) electrons. The van der Waals surface area contributed by atoms with Crippen LogP contribution in [0, 0.1) is 5.92 Å². The first-order valence-corrected chi connectivity index (χ1v) is 16.1. The van der Waals surface area contributed by atoms with E-state index in [2.05, 4.69) is 24.0 Å². The van der Waals surface area contributed by atoms with Crippen molar-refractivity contribution < 1.29 is 34.0 Å². The lowest BCUT2D eigenvalue weighted by Crippen LogP contribution is -2.54. The number of amides is 2. The van der Waals surface area contributed by atoms with E-state index in [0.717, 1.165) is 10.7 Å². The molecule has 236 valence electrons. The van der Waals surface area contributed by atoms with E-state index in [1.54, 1.807) is 16.2 Å². The van der Waals surface area contributed by atoms with E-state index in [0.29, 0.717) is 37.6 Å². The number of carbonyl (C=O) groups is 2. The van der Waals surface area contributed by atoms with Crippen LogP contribution in [-0.2, 0) is 30.8 Å². The number of thiophene rings is 1. The quantitative estimate of drug-likeness (QED) is 0.397. The molecule has 0 bridgehead atoms. The molecule has 3 heterocycles. The zero-order valence-electron chi connectivity index (χ0n) is 25.2. The lowest BCUT2D eigenvalue weighted by molar-refractivity contribution is -0.145. The summed E-state index contributed by atoms with van der Waals surface area (Å²) in [6.45, 7) is 5.08. The average molecular weight is 628 g/mol. The molecule has 1 aliphatic heterocycles. The number of aromatic nitrogens is 3. The molecule has 0 saturated carbocycles. The van der Waals surface area contributed by atoms with Crippen LogP contribution < -0.4 is 0 Å². The summed E-state index contributed by atoms with van der Waals surface area (Å²) in [6, 6.07) is 3.66. The standard InChI is InChI=1S/C28H45N5O7S2/c1-19(2)13-20-14-32(24(35)17-38-4)15-22(39-5)26(37)21(34)16-40-11-7-6-10-33(20)25(36)18-42-28-30-29-27(31(28)3)23-9-8-12-41-23/h8-9,12,19-22,26,34,37H,6-7,10-11,13-18H2,1-5H3/t20-,21+,22+,26+/m0/s1. The second-order valence-corrected chi connectivity index (χ2v) is 12.7. The predicted molar refractivity (Wildman–Crippen MR) is 161 cm³/mol. The van der Waals surface area contributed by atoms with Crippen LogP contribution >= 0.6 is 23.1 Å². The fourth-order valence-electron chi connectivity index (χ4n) is 4.95. The van der Waals surface area contributed by atoms with E-state index >= 15 is 0 Å². The number of aliphatic hydroxyl groups is 2. The number of ether oxygens (including phenoxy) is 3. The van der Waals surface area contributed by atoms with Crippen LogP contribution in [0.15, 0.2) is 22.7 Å². The Morgan fingerprint density at radius 2 is 1.98 bits per heavy atom. The van der Waals surface area contributed by atoms with Crippen molar-refractivity contribution >= 4 is 34.9 Å². The first-order valence-electron chi connectivity index (χ1n) is 14.2. The van der Waals surface area contributed by atoms with Gasteiger partial charge in [0.1, 0.15) is 24.9 Å². The molecular formula is C28H45N5O7S2. The first kappa shape index (κ1) is 34.4. The lowest BCUT2D eigenvalue weighted by atomic mass is 10.00. The van der Waals surface area contributed by atoms with Gasteiger partial charge in [0, 0.05) is 53.6 Å². The molecule has 0 aromatic carbocycles. The van der Waals surface area contributed by atoms with Crippen molar-refractivity contribution in [3.63, 3.8) is 0 Å². The first-order chi connectivity index (χ1) is 20.2. The molecule has 2 amide bonds. The molecule has 2 aromatic rings. The SMILES string of the molecule is COCC(=O)N1C[C@H](CC(C)C)N(C(=O)CSc2nnc(-c3cccs3)n2C)CCCCOC[C@@H](O)[C@@H](O)[C@H](OC)C1. The number of aliphatic hydroxyl groups excluding tert-OH is 2. The third-order valence-corrected chi connectivity index (χ3v) is 9.03. The van der Waals surface area contributed by atoms with Crippen molar-refractivity contribution in [1.29, 1.82) is 0 Å². The molecule has 14 heteroatoms. The Hall–Kier alpha value is -2.07. The van der Waals surface area contributed by atoms with Gasteiger partial charge in [-0.3, -0.25) is 9.59 Å². The van der Waals surface area contributed by atoms with Crippen LogP contribution in [-0.4, -0.2) is 130 Å². The highest BCUT2D eigenvalue weighted by molar-refractivity contribution is 7.99. The lowest BCUT2D eigenvalue weighted by Gasteiger charge is -2.38. The van der Waals surface area contributed by atoms with Gasteiger partial charge in [0.15, 0.2) is 11.0 Å². The van der Waals surface area contributed by atoms with Gasteiger partial charge in [-0.25, -0.2) is 0 Å². The van der Waals surface area contributed by atoms with Gasteiger partial charge in [-0.15, -0.1) is 21.5 Å². The maximum Gasteiger partial charge on any atom is 0.248 e. The van der Waals surface area contributed by atoms with Gasteiger partial charge in [-0.2, -0.15) is 0 Å². The maximum absolute atomic E-state index is 13.9. The molecule has 1 aliphatic rings. The average Bonchev–Trinajstić information content (AvgIpc) is 3.61. The Kier molecular flexibility index (Phi) is 14.2. The Morgan fingerprint density at radius 3 is 2.64 bits per heavy atom. The zero-order chi connectivity index (χ0) is 30.6. The molecule has 0 unspecified atom stereocenters. The van der Waals surface area contributed by atoms with Gasteiger partial charge < -0.3 is 38.8 Å². The predicted octanol–water partition coefficient (Wildman–Crippen LogP) is 1.90. The normalized spacial score (nSPS) is 23.2. The smallest absolute Gasteiger partial charge is 0.248 e. The van der Waals surface area contributed by atoms with E-state index in [9.17, 15) is 19.8 Å². The van der Waals surface area contributed by atoms with Crippen molar-refractivity contribution in [2.75, 3.05) is 59.4 Å². The fraction of sp³-hybridized carbons (Fsp3) is 0.714. The summed E-state index contributed by atoms with van der Waals surface area (Å²) in [4.78, 5) is 31.5.